The summed E-state index contributed by atoms with van der Waals surface area (Å²) in [7, 11) is 0. The number of aryl methyl sites for hydroxylation is 1. The lowest BCUT2D eigenvalue weighted by molar-refractivity contribution is -0.384. The van der Waals surface area contributed by atoms with Gasteiger partial charge < -0.3 is 5.32 Å². The Labute approximate surface area is 119 Å². The van der Waals surface area contributed by atoms with Gasteiger partial charge in [0, 0.05) is 18.3 Å². The monoisotopic (exact) mass is 291 g/mol. The Bertz CT molecular complexity index is 688. The van der Waals surface area contributed by atoms with Crippen LogP contribution in [0.3, 0.4) is 0 Å². The largest absolute Gasteiger partial charge is 0.321 e. The number of anilines is 1. The lowest BCUT2D eigenvalue weighted by Crippen LogP contribution is -2.13. The fraction of sp³-hybridized carbons (Fsp3) is 0.0769. The van der Waals surface area contributed by atoms with Gasteiger partial charge in [0.15, 0.2) is 0 Å². The summed E-state index contributed by atoms with van der Waals surface area (Å²) in [4.78, 5) is 26.1. The number of non-ortho nitro benzene ring substituents is 1. The Hall–Kier alpha value is -2.47. The van der Waals surface area contributed by atoms with Crippen LogP contribution in [0.25, 0.3) is 0 Å². The van der Waals surface area contributed by atoms with E-state index in [-0.39, 0.29) is 16.4 Å². The van der Waals surface area contributed by atoms with Crippen LogP contribution in [0.4, 0.5) is 11.4 Å². The van der Waals surface area contributed by atoms with Gasteiger partial charge in [-0.3, -0.25) is 14.9 Å². The summed E-state index contributed by atoms with van der Waals surface area (Å²) in [5.41, 5.74) is 1.19. The molecule has 102 valence electrons. The summed E-state index contributed by atoms with van der Waals surface area (Å²) in [5.74, 6) is -0.466. The molecule has 0 radical (unpaired) electrons. The Morgan fingerprint density at radius 3 is 2.80 bits per heavy atom. The van der Waals surface area contributed by atoms with E-state index < -0.39 is 10.8 Å². The maximum Gasteiger partial charge on any atom is 0.271 e. The van der Waals surface area contributed by atoms with Gasteiger partial charge in [0.05, 0.1) is 16.2 Å². The van der Waals surface area contributed by atoms with Crippen molar-refractivity contribution >= 4 is 28.9 Å². The number of pyridine rings is 1. The van der Waals surface area contributed by atoms with E-state index in [1.807, 2.05) is 0 Å². The molecule has 1 aromatic heterocycles. The van der Waals surface area contributed by atoms with Gasteiger partial charge in [0.2, 0.25) is 0 Å². The minimum atomic E-state index is -0.522. The van der Waals surface area contributed by atoms with Crippen molar-refractivity contribution in [3.63, 3.8) is 0 Å². The van der Waals surface area contributed by atoms with Crippen LogP contribution in [0.2, 0.25) is 5.15 Å². The number of halogens is 1. The van der Waals surface area contributed by atoms with E-state index >= 15 is 0 Å². The highest BCUT2D eigenvalue weighted by Gasteiger charge is 2.14. The highest BCUT2D eigenvalue weighted by atomic mass is 35.5. The minimum absolute atomic E-state index is 0.0769. The van der Waals surface area contributed by atoms with Gasteiger partial charge in [-0.1, -0.05) is 17.7 Å². The molecule has 0 saturated heterocycles. The molecule has 0 atom stereocenters. The SMILES string of the molecule is Cc1ccc([N+](=O)[O-])cc1NC(=O)c1cccnc1Cl. The summed E-state index contributed by atoms with van der Waals surface area (Å²) in [6.07, 6.45) is 1.47. The van der Waals surface area contributed by atoms with Gasteiger partial charge >= 0.3 is 0 Å². The maximum atomic E-state index is 12.1. The minimum Gasteiger partial charge on any atom is -0.321 e. The third kappa shape index (κ3) is 2.92. The molecule has 2 aromatic rings. The summed E-state index contributed by atoms with van der Waals surface area (Å²) in [6.45, 7) is 1.74. The third-order valence-corrected chi connectivity index (χ3v) is 2.99. The van der Waals surface area contributed by atoms with Gasteiger partial charge in [-0.05, 0) is 24.6 Å². The average Bonchev–Trinajstić information content (AvgIpc) is 2.41. The quantitative estimate of drug-likeness (QED) is 0.534. The van der Waals surface area contributed by atoms with Crippen molar-refractivity contribution in [3.05, 3.63) is 62.9 Å². The number of nitro groups is 1. The van der Waals surface area contributed by atoms with Crippen LogP contribution in [0, 0.1) is 17.0 Å². The first kappa shape index (κ1) is 14.0. The first-order valence-electron chi connectivity index (χ1n) is 5.66. The number of hydrogen-bond donors (Lipinski definition) is 1. The van der Waals surface area contributed by atoms with Gasteiger partial charge in [-0.2, -0.15) is 0 Å². The number of nitrogens with one attached hydrogen (secondary N) is 1. The van der Waals surface area contributed by atoms with Crippen molar-refractivity contribution in [2.75, 3.05) is 5.32 Å². The fourth-order valence-electron chi connectivity index (χ4n) is 1.60. The first-order chi connectivity index (χ1) is 9.49. The molecule has 0 aliphatic rings. The van der Waals surface area contributed by atoms with Crippen LogP contribution >= 0.6 is 11.6 Å². The van der Waals surface area contributed by atoms with Crippen LogP contribution in [0.5, 0.6) is 0 Å². The molecule has 6 nitrogen and oxygen atoms in total. The van der Waals surface area contributed by atoms with Crippen molar-refractivity contribution in [2.24, 2.45) is 0 Å². The summed E-state index contributed by atoms with van der Waals surface area (Å²) >= 11 is 5.83. The number of hydrogen-bond acceptors (Lipinski definition) is 4. The van der Waals surface area contributed by atoms with Crippen LogP contribution in [0.15, 0.2) is 36.5 Å². The van der Waals surface area contributed by atoms with E-state index in [0.29, 0.717) is 11.3 Å². The number of carbonyl (C=O) groups is 1. The molecule has 0 bridgehead atoms. The first-order valence-corrected chi connectivity index (χ1v) is 6.04. The normalized spacial score (nSPS) is 10.1. The molecule has 1 N–H and O–H groups in total. The van der Waals surface area contributed by atoms with E-state index in [1.165, 1.54) is 24.4 Å². The molecule has 1 amide bonds. The number of rotatable bonds is 3. The molecule has 0 unspecified atom stereocenters. The summed E-state index contributed by atoms with van der Waals surface area (Å²) in [6, 6.07) is 7.36. The lowest BCUT2D eigenvalue weighted by Gasteiger charge is -2.08. The fourth-order valence-corrected chi connectivity index (χ4v) is 1.81. The predicted molar refractivity (Wildman–Crippen MR) is 75.0 cm³/mol. The van der Waals surface area contributed by atoms with Crippen molar-refractivity contribution < 1.29 is 9.72 Å². The van der Waals surface area contributed by atoms with E-state index in [2.05, 4.69) is 10.3 Å². The number of nitrogens with zero attached hydrogens (tertiary/aromatic N) is 2. The predicted octanol–water partition coefficient (Wildman–Crippen LogP) is 3.20. The zero-order valence-electron chi connectivity index (χ0n) is 10.5. The molecule has 0 saturated carbocycles. The molecule has 0 aliphatic heterocycles. The number of aromatic nitrogens is 1. The maximum absolute atomic E-state index is 12.1. The Morgan fingerprint density at radius 1 is 1.40 bits per heavy atom. The molecule has 1 aromatic carbocycles. The van der Waals surface area contributed by atoms with Gasteiger partial charge in [-0.25, -0.2) is 4.98 Å². The second-order valence-corrected chi connectivity index (χ2v) is 4.41. The number of benzene rings is 1. The summed E-state index contributed by atoms with van der Waals surface area (Å²) < 4.78 is 0. The Kier molecular flexibility index (Phi) is 3.95. The number of carbonyl (C=O) groups excluding carboxylic acids is 1. The Balaban J connectivity index is 2.30. The van der Waals surface area contributed by atoms with Gasteiger partial charge in [-0.15, -0.1) is 0 Å². The highest BCUT2D eigenvalue weighted by Crippen LogP contribution is 2.23. The van der Waals surface area contributed by atoms with Gasteiger partial charge in [0.1, 0.15) is 5.15 Å². The zero-order chi connectivity index (χ0) is 14.7. The molecule has 7 heteroatoms. The van der Waals surface area contributed by atoms with E-state index in [4.69, 9.17) is 11.6 Å². The second-order valence-electron chi connectivity index (χ2n) is 4.05. The molecule has 0 fully saturated rings. The molecule has 1 heterocycles. The molecule has 2 rings (SSSR count). The smallest absolute Gasteiger partial charge is 0.271 e. The summed E-state index contributed by atoms with van der Waals surface area (Å²) in [5, 5.41) is 13.4. The van der Waals surface area contributed by atoms with E-state index in [9.17, 15) is 14.9 Å². The van der Waals surface area contributed by atoms with Gasteiger partial charge in [0.25, 0.3) is 11.6 Å². The van der Waals surface area contributed by atoms with Crippen LogP contribution < -0.4 is 5.32 Å². The second kappa shape index (κ2) is 5.66. The van der Waals surface area contributed by atoms with Crippen molar-refractivity contribution in [2.45, 2.75) is 6.92 Å². The van der Waals surface area contributed by atoms with Crippen LogP contribution in [-0.4, -0.2) is 15.8 Å². The zero-order valence-corrected chi connectivity index (χ0v) is 11.2. The van der Waals surface area contributed by atoms with Crippen molar-refractivity contribution in [1.82, 2.24) is 4.98 Å². The topological polar surface area (TPSA) is 85.1 Å². The molecular weight excluding hydrogens is 282 g/mol. The number of amides is 1. The van der Waals surface area contributed by atoms with E-state index in [1.54, 1.807) is 19.1 Å². The van der Waals surface area contributed by atoms with E-state index in [0.717, 1.165) is 0 Å². The van der Waals surface area contributed by atoms with Crippen molar-refractivity contribution in [1.29, 1.82) is 0 Å². The van der Waals surface area contributed by atoms with Crippen LogP contribution in [-0.2, 0) is 0 Å². The standard InChI is InChI=1S/C13H10ClN3O3/c1-8-4-5-9(17(19)20)7-11(8)16-13(18)10-3-2-6-15-12(10)14/h2-7H,1H3,(H,16,18). The van der Waals surface area contributed by atoms with Crippen molar-refractivity contribution in [3.8, 4) is 0 Å². The molecule has 0 aliphatic carbocycles. The highest BCUT2D eigenvalue weighted by molar-refractivity contribution is 6.33. The Morgan fingerprint density at radius 2 is 2.15 bits per heavy atom. The molecule has 20 heavy (non-hydrogen) atoms. The average molecular weight is 292 g/mol. The molecule has 0 spiro atoms. The van der Waals surface area contributed by atoms with Crippen LogP contribution in [0.1, 0.15) is 15.9 Å². The molecular formula is C13H10ClN3O3. The lowest BCUT2D eigenvalue weighted by atomic mass is 10.1. The number of nitro benzene ring substituents is 1. The third-order valence-electron chi connectivity index (χ3n) is 2.68.